The van der Waals surface area contributed by atoms with Crippen molar-refractivity contribution in [1.29, 1.82) is 0 Å². The van der Waals surface area contributed by atoms with E-state index in [0.29, 0.717) is 5.57 Å². The molecule has 2 aromatic carbocycles. The van der Waals surface area contributed by atoms with E-state index in [9.17, 15) is 4.79 Å². The van der Waals surface area contributed by atoms with E-state index in [4.69, 9.17) is 4.74 Å². The molecule has 106 valence electrons. The number of ether oxygens (including phenoxy) is 1. The summed E-state index contributed by atoms with van der Waals surface area (Å²) in [6, 6.07) is 20.0. The van der Waals surface area contributed by atoms with Crippen molar-refractivity contribution in [3.63, 3.8) is 0 Å². The highest BCUT2D eigenvalue weighted by Crippen LogP contribution is 2.25. The van der Waals surface area contributed by atoms with Gasteiger partial charge in [0.15, 0.2) is 0 Å². The van der Waals surface area contributed by atoms with Gasteiger partial charge in [0.25, 0.3) is 0 Å². The van der Waals surface area contributed by atoms with Crippen LogP contribution in [0.2, 0.25) is 0 Å². The largest absolute Gasteiger partial charge is 0.458 e. The number of carbonyl (C=O) groups is 1. The molecular weight excluding hydrogens is 260 g/mol. The molecule has 1 atom stereocenters. The number of cyclic esters (lactones) is 1. The lowest BCUT2D eigenvalue weighted by molar-refractivity contribution is -0.142. The van der Waals surface area contributed by atoms with Gasteiger partial charge in [-0.3, -0.25) is 0 Å². The molecule has 1 aliphatic rings. The van der Waals surface area contributed by atoms with Crippen LogP contribution in [0.25, 0.3) is 5.57 Å². The number of esters is 1. The fraction of sp³-hybridized carbons (Fsp3) is 0.211. The van der Waals surface area contributed by atoms with Gasteiger partial charge in [0.1, 0.15) is 6.10 Å². The van der Waals surface area contributed by atoms with Crippen LogP contribution < -0.4 is 0 Å². The third-order valence-electron chi connectivity index (χ3n) is 3.76. The highest BCUT2D eigenvalue weighted by molar-refractivity contribution is 6.17. The van der Waals surface area contributed by atoms with Crippen molar-refractivity contribution in [2.75, 3.05) is 0 Å². The molecule has 2 aromatic rings. The van der Waals surface area contributed by atoms with Crippen molar-refractivity contribution in [3.8, 4) is 0 Å². The quantitative estimate of drug-likeness (QED) is 0.790. The van der Waals surface area contributed by atoms with E-state index in [1.165, 1.54) is 5.56 Å². The molecule has 0 amide bonds. The first-order valence-electron chi connectivity index (χ1n) is 7.33. The number of benzene rings is 2. The van der Waals surface area contributed by atoms with Crippen molar-refractivity contribution in [2.24, 2.45) is 0 Å². The Bertz CT molecular complexity index is 629. The standard InChI is InChI=1S/C19H18O2/c20-19-18(16-9-5-2-6-10-16)14-13-17(21-19)12-11-15-7-3-1-4-8-15/h1-10,14,17H,11-13H2. The molecular formula is C19H18O2. The summed E-state index contributed by atoms with van der Waals surface area (Å²) >= 11 is 0. The van der Waals surface area contributed by atoms with E-state index in [0.717, 1.165) is 24.8 Å². The van der Waals surface area contributed by atoms with E-state index in [1.807, 2.05) is 54.6 Å². The molecule has 1 unspecified atom stereocenters. The van der Waals surface area contributed by atoms with Gasteiger partial charge in [-0.1, -0.05) is 66.7 Å². The van der Waals surface area contributed by atoms with Gasteiger partial charge in [-0.05, 0) is 24.0 Å². The number of hydrogen-bond donors (Lipinski definition) is 0. The predicted molar refractivity (Wildman–Crippen MR) is 83.7 cm³/mol. The normalized spacial score (nSPS) is 18.0. The van der Waals surface area contributed by atoms with Crippen LogP contribution in [0, 0.1) is 0 Å². The molecule has 3 rings (SSSR count). The van der Waals surface area contributed by atoms with Crippen LogP contribution in [0.3, 0.4) is 0 Å². The molecule has 0 fully saturated rings. The Morgan fingerprint density at radius 3 is 2.29 bits per heavy atom. The van der Waals surface area contributed by atoms with Crippen molar-refractivity contribution in [1.82, 2.24) is 0 Å². The van der Waals surface area contributed by atoms with E-state index < -0.39 is 0 Å². The Morgan fingerprint density at radius 2 is 1.62 bits per heavy atom. The van der Waals surface area contributed by atoms with Crippen molar-refractivity contribution >= 4 is 11.5 Å². The molecule has 21 heavy (non-hydrogen) atoms. The summed E-state index contributed by atoms with van der Waals surface area (Å²) in [4.78, 5) is 12.1. The Kier molecular flexibility index (Phi) is 4.15. The summed E-state index contributed by atoms with van der Waals surface area (Å²) in [5.74, 6) is -0.203. The topological polar surface area (TPSA) is 26.3 Å². The number of carbonyl (C=O) groups excluding carboxylic acids is 1. The lowest BCUT2D eigenvalue weighted by Gasteiger charge is -2.22. The molecule has 1 heterocycles. The molecule has 0 aliphatic carbocycles. The summed E-state index contributed by atoms with van der Waals surface area (Å²) in [5, 5.41) is 0. The molecule has 2 nitrogen and oxygen atoms in total. The highest BCUT2D eigenvalue weighted by Gasteiger charge is 2.23. The second-order valence-corrected chi connectivity index (χ2v) is 5.27. The van der Waals surface area contributed by atoms with Gasteiger partial charge in [0.05, 0.1) is 5.57 Å². The summed E-state index contributed by atoms with van der Waals surface area (Å²) in [7, 11) is 0. The molecule has 1 aliphatic heterocycles. The molecule has 0 saturated heterocycles. The van der Waals surface area contributed by atoms with Crippen LogP contribution in [-0.2, 0) is 16.0 Å². The first-order valence-corrected chi connectivity index (χ1v) is 7.33. The fourth-order valence-corrected chi connectivity index (χ4v) is 2.60. The Morgan fingerprint density at radius 1 is 0.952 bits per heavy atom. The Labute approximate surface area is 125 Å². The molecule has 0 aromatic heterocycles. The molecule has 2 heteroatoms. The summed E-state index contributed by atoms with van der Waals surface area (Å²) in [6.07, 6.45) is 4.60. The van der Waals surface area contributed by atoms with Crippen molar-refractivity contribution in [3.05, 3.63) is 77.9 Å². The minimum absolute atomic E-state index is 0.00910. The number of aryl methyl sites for hydroxylation is 1. The van der Waals surface area contributed by atoms with Gasteiger partial charge in [0.2, 0.25) is 0 Å². The monoisotopic (exact) mass is 278 g/mol. The zero-order valence-corrected chi connectivity index (χ0v) is 11.9. The van der Waals surface area contributed by atoms with Gasteiger partial charge in [-0.15, -0.1) is 0 Å². The van der Waals surface area contributed by atoms with E-state index >= 15 is 0 Å². The van der Waals surface area contributed by atoms with Gasteiger partial charge >= 0.3 is 5.97 Å². The van der Waals surface area contributed by atoms with Crippen LogP contribution in [0.5, 0.6) is 0 Å². The second-order valence-electron chi connectivity index (χ2n) is 5.27. The van der Waals surface area contributed by atoms with Crippen LogP contribution in [0.1, 0.15) is 24.0 Å². The predicted octanol–water partition coefficient (Wildman–Crippen LogP) is 4.02. The third-order valence-corrected chi connectivity index (χ3v) is 3.76. The zero-order chi connectivity index (χ0) is 14.5. The van der Waals surface area contributed by atoms with E-state index in [1.54, 1.807) is 0 Å². The first-order chi connectivity index (χ1) is 10.3. The lowest BCUT2D eigenvalue weighted by Crippen LogP contribution is -2.23. The minimum atomic E-state index is -0.203. The van der Waals surface area contributed by atoms with Crippen LogP contribution >= 0.6 is 0 Å². The van der Waals surface area contributed by atoms with Gasteiger partial charge in [-0.2, -0.15) is 0 Å². The molecule has 0 N–H and O–H groups in total. The zero-order valence-electron chi connectivity index (χ0n) is 11.9. The fourth-order valence-electron chi connectivity index (χ4n) is 2.60. The van der Waals surface area contributed by atoms with Gasteiger partial charge in [-0.25, -0.2) is 4.79 Å². The maximum atomic E-state index is 12.1. The van der Waals surface area contributed by atoms with Gasteiger partial charge in [0, 0.05) is 6.42 Å². The van der Waals surface area contributed by atoms with E-state index in [-0.39, 0.29) is 12.1 Å². The smallest absolute Gasteiger partial charge is 0.338 e. The summed E-state index contributed by atoms with van der Waals surface area (Å²) < 4.78 is 5.57. The SMILES string of the molecule is O=C1OC(CCc2ccccc2)CC=C1c1ccccc1. The average Bonchev–Trinajstić information content (AvgIpc) is 2.55. The van der Waals surface area contributed by atoms with Crippen molar-refractivity contribution in [2.45, 2.75) is 25.4 Å². The first kappa shape index (κ1) is 13.6. The maximum absolute atomic E-state index is 12.1. The summed E-state index contributed by atoms with van der Waals surface area (Å²) in [6.45, 7) is 0. The molecule has 0 bridgehead atoms. The van der Waals surface area contributed by atoms with E-state index in [2.05, 4.69) is 12.1 Å². The maximum Gasteiger partial charge on any atom is 0.338 e. The second kappa shape index (κ2) is 6.40. The van der Waals surface area contributed by atoms with Gasteiger partial charge < -0.3 is 4.74 Å². The average molecular weight is 278 g/mol. The van der Waals surface area contributed by atoms with Crippen molar-refractivity contribution < 1.29 is 9.53 Å². The Balaban J connectivity index is 1.62. The Hall–Kier alpha value is -2.35. The molecule has 0 spiro atoms. The third kappa shape index (κ3) is 3.40. The highest BCUT2D eigenvalue weighted by atomic mass is 16.5. The summed E-state index contributed by atoms with van der Waals surface area (Å²) in [5.41, 5.74) is 2.90. The molecule has 0 radical (unpaired) electrons. The number of rotatable bonds is 4. The lowest BCUT2D eigenvalue weighted by atomic mass is 9.98. The van der Waals surface area contributed by atoms with Crippen LogP contribution in [0.4, 0.5) is 0 Å². The minimum Gasteiger partial charge on any atom is -0.458 e. The molecule has 0 saturated carbocycles. The number of hydrogen-bond acceptors (Lipinski definition) is 2. The van der Waals surface area contributed by atoms with Crippen LogP contribution in [0.15, 0.2) is 66.7 Å². The van der Waals surface area contributed by atoms with Crippen LogP contribution in [-0.4, -0.2) is 12.1 Å².